The molecule has 36 heavy (non-hydrogen) atoms. The lowest BCUT2D eigenvalue weighted by atomic mass is 10.0. The molecule has 0 saturated carbocycles. The Labute approximate surface area is 210 Å². The third-order valence-electron chi connectivity index (χ3n) is 6.21. The van der Waals surface area contributed by atoms with E-state index in [1.165, 1.54) is 6.20 Å². The highest BCUT2D eigenvalue weighted by molar-refractivity contribution is 5.98. The quantitative estimate of drug-likeness (QED) is 0.473. The van der Waals surface area contributed by atoms with E-state index in [2.05, 4.69) is 39.3 Å². The smallest absolute Gasteiger partial charge is 0.257 e. The Kier molecular flexibility index (Phi) is 7.04. The van der Waals surface area contributed by atoms with E-state index in [-0.39, 0.29) is 24.0 Å². The van der Waals surface area contributed by atoms with Crippen LogP contribution in [0, 0.1) is 11.8 Å². The highest BCUT2D eigenvalue weighted by Gasteiger charge is 2.28. The first-order valence-electron chi connectivity index (χ1n) is 11.9. The molecule has 0 radical (unpaired) electrons. The van der Waals surface area contributed by atoms with Crippen molar-refractivity contribution in [3.63, 3.8) is 0 Å². The van der Waals surface area contributed by atoms with E-state index in [0.29, 0.717) is 35.9 Å². The molecule has 4 N–H and O–H groups in total. The molecule has 1 aliphatic rings. The SMILES string of the molecule is C=Cc1c(C#CCNC(=O)c2cnn(C(C)(C)C)c2N)nn2c(N[C@@H]3CCN(C)C[C@@H]3F)cccc12. The molecule has 1 amide bonds. The Morgan fingerprint density at radius 1 is 1.39 bits per heavy atom. The molecule has 4 rings (SSSR count). The minimum Gasteiger partial charge on any atom is -0.383 e. The molecule has 3 aromatic heterocycles. The second kappa shape index (κ2) is 10.0. The number of halogens is 1. The van der Waals surface area contributed by atoms with Crippen LogP contribution in [0.2, 0.25) is 0 Å². The number of carbonyl (C=O) groups is 1. The van der Waals surface area contributed by atoms with Crippen LogP contribution in [0.4, 0.5) is 16.0 Å². The molecule has 2 atom stereocenters. The first-order chi connectivity index (χ1) is 17.1. The van der Waals surface area contributed by atoms with Crippen molar-refractivity contribution in [3.05, 3.63) is 47.8 Å². The molecule has 3 aromatic rings. The molecule has 1 aliphatic heterocycles. The van der Waals surface area contributed by atoms with Gasteiger partial charge >= 0.3 is 0 Å². The molecule has 1 saturated heterocycles. The van der Waals surface area contributed by atoms with Gasteiger partial charge in [0.05, 0.1) is 29.8 Å². The van der Waals surface area contributed by atoms with Gasteiger partial charge in [0.25, 0.3) is 5.91 Å². The van der Waals surface area contributed by atoms with Crippen molar-refractivity contribution >= 4 is 29.1 Å². The number of likely N-dealkylation sites (tertiary alicyclic amines) is 1. The van der Waals surface area contributed by atoms with Crippen molar-refractivity contribution in [1.29, 1.82) is 0 Å². The number of carbonyl (C=O) groups excluding carboxylic acids is 1. The van der Waals surface area contributed by atoms with Crippen LogP contribution >= 0.6 is 0 Å². The van der Waals surface area contributed by atoms with E-state index in [9.17, 15) is 9.18 Å². The molecule has 0 spiro atoms. The van der Waals surface area contributed by atoms with E-state index in [0.717, 1.165) is 17.6 Å². The van der Waals surface area contributed by atoms with Crippen LogP contribution in [-0.2, 0) is 5.54 Å². The minimum atomic E-state index is -0.971. The zero-order valence-corrected chi connectivity index (χ0v) is 21.2. The largest absolute Gasteiger partial charge is 0.383 e. The van der Waals surface area contributed by atoms with Crippen LogP contribution in [0.15, 0.2) is 31.0 Å². The number of hydrogen-bond donors (Lipinski definition) is 3. The van der Waals surface area contributed by atoms with E-state index in [4.69, 9.17) is 5.73 Å². The van der Waals surface area contributed by atoms with Gasteiger partial charge in [-0.25, -0.2) is 13.6 Å². The summed E-state index contributed by atoms with van der Waals surface area (Å²) in [4.78, 5) is 14.6. The Bertz CT molecular complexity index is 1340. The number of aromatic nitrogens is 4. The zero-order chi connectivity index (χ0) is 26.0. The Hall–Kier alpha value is -3.84. The van der Waals surface area contributed by atoms with Gasteiger partial charge < -0.3 is 21.3 Å². The van der Waals surface area contributed by atoms with Crippen molar-refractivity contribution < 1.29 is 9.18 Å². The van der Waals surface area contributed by atoms with Crippen LogP contribution in [0.3, 0.4) is 0 Å². The summed E-state index contributed by atoms with van der Waals surface area (Å²) in [6, 6.07) is 5.40. The topological polar surface area (TPSA) is 106 Å². The van der Waals surface area contributed by atoms with Gasteiger partial charge in [-0.15, -0.1) is 0 Å². The van der Waals surface area contributed by atoms with Gasteiger partial charge in [-0.3, -0.25) is 4.79 Å². The molecular weight excluding hydrogens is 459 g/mol. The van der Waals surface area contributed by atoms with E-state index >= 15 is 0 Å². The predicted molar refractivity (Wildman–Crippen MR) is 141 cm³/mol. The highest BCUT2D eigenvalue weighted by Crippen LogP contribution is 2.24. The molecule has 0 unspecified atom stereocenters. The molecule has 0 aliphatic carbocycles. The average molecular weight is 493 g/mol. The summed E-state index contributed by atoms with van der Waals surface area (Å²) in [5.74, 6) is 6.63. The van der Waals surface area contributed by atoms with Gasteiger partial charge in [-0.1, -0.05) is 24.6 Å². The maximum atomic E-state index is 14.6. The summed E-state index contributed by atoms with van der Waals surface area (Å²) in [5.41, 5.74) is 8.19. The fourth-order valence-corrected chi connectivity index (χ4v) is 4.32. The second-order valence-electron chi connectivity index (χ2n) is 10.0. The Balaban J connectivity index is 1.50. The van der Waals surface area contributed by atoms with Gasteiger partial charge in [-0.05, 0) is 52.3 Å². The highest BCUT2D eigenvalue weighted by atomic mass is 19.1. The lowest BCUT2D eigenvalue weighted by Gasteiger charge is -2.33. The molecule has 10 heteroatoms. The zero-order valence-electron chi connectivity index (χ0n) is 21.2. The number of amides is 1. The van der Waals surface area contributed by atoms with E-state index in [1.807, 2.05) is 50.9 Å². The standard InChI is InChI=1S/C26H33FN8O/c1-6-17-20(9-8-13-29-25(36)18-15-30-35(24(18)28)26(2,3)4)32-34-22(17)10-7-11-23(34)31-21-12-14-33(5)16-19(21)27/h6-7,10-11,15,19,21,31H,1,12-14,16,28H2,2-5H3,(H,29,36)/t19-,21+/m0/s1. The van der Waals surface area contributed by atoms with Gasteiger partial charge in [0.15, 0.2) is 0 Å². The number of nitrogen functional groups attached to an aromatic ring is 1. The summed E-state index contributed by atoms with van der Waals surface area (Å²) in [6.45, 7) is 11.1. The maximum Gasteiger partial charge on any atom is 0.257 e. The lowest BCUT2D eigenvalue weighted by Crippen LogP contribution is -2.46. The molecular formula is C26H33FN8O. The van der Waals surface area contributed by atoms with Gasteiger partial charge in [-0.2, -0.15) is 10.2 Å². The van der Waals surface area contributed by atoms with Crippen molar-refractivity contribution in [2.75, 3.05) is 37.7 Å². The average Bonchev–Trinajstić information content (AvgIpc) is 3.39. The van der Waals surface area contributed by atoms with E-state index < -0.39 is 6.17 Å². The number of hydrogen-bond acceptors (Lipinski definition) is 6. The van der Waals surface area contributed by atoms with Crippen molar-refractivity contribution in [2.24, 2.45) is 0 Å². The number of rotatable bonds is 5. The first-order valence-corrected chi connectivity index (χ1v) is 11.9. The monoisotopic (exact) mass is 492 g/mol. The predicted octanol–water partition coefficient (Wildman–Crippen LogP) is 2.75. The van der Waals surface area contributed by atoms with Crippen LogP contribution in [0.5, 0.6) is 0 Å². The minimum absolute atomic E-state index is 0.105. The van der Waals surface area contributed by atoms with E-state index in [1.54, 1.807) is 15.3 Å². The summed E-state index contributed by atoms with van der Waals surface area (Å²) >= 11 is 0. The number of nitrogens with zero attached hydrogens (tertiary/aromatic N) is 5. The summed E-state index contributed by atoms with van der Waals surface area (Å²) in [6.07, 6.45) is 2.89. The number of nitrogens with one attached hydrogen (secondary N) is 2. The number of alkyl halides is 1. The maximum absolute atomic E-state index is 14.6. The summed E-state index contributed by atoms with van der Waals surface area (Å²) in [7, 11) is 1.93. The fraction of sp³-hybridized carbons (Fsp3) is 0.423. The second-order valence-corrected chi connectivity index (χ2v) is 10.0. The number of fused-ring (bicyclic) bond motifs is 1. The van der Waals surface area contributed by atoms with Gasteiger partial charge in [0.1, 0.15) is 29.1 Å². The number of anilines is 2. The van der Waals surface area contributed by atoms with Gasteiger partial charge in [0, 0.05) is 18.7 Å². The molecule has 190 valence electrons. The number of piperidine rings is 1. The molecule has 9 nitrogen and oxygen atoms in total. The third kappa shape index (κ3) is 5.06. The molecule has 0 bridgehead atoms. The third-order valence-corrected chi connectivity index (χ3v) is 6.21. The van der Waals surface area contributed by atoms with Crippen LogP contribution in [0.25, 0.3) is 11.6 Å². The molecule has 1 fully saturated rings. The van der Waals surface area contributed by atoms with Crippen molar-refractivity contribution in [2.45, 2.75) is 44.9 Å². The Morgan fingerprint density at radius 2 is 2.17 bits per heavy atom. The fourth-order valence-electron chi connectivity index (χ4n) is 4.32. The lowest BCUT2D eigenvalue weighted by molar-refractivity contribution is 0.0959. The summed E-state index contributed by atoms with van der Waals surface area (Å²) in [5, 5.41) is 14.9. The van der Waals surface area contributed by atoms with Crippen LogP contribution in [0.1, 0.15) is 48.8 Å². The Morgan fingerprint density at radius 3 is 2.83 bits per heavy atom. The number of nitrogens with two attached hydrogens (primary N) is 1. The van der Waals surface area contributed by atoms with Crippen molar-refractivity contribution in [3.8, 4) is 11.8 Å². The van der Waals surface area contributed by atoms with Crippen LogP contribution < -0.4 is 16.4 Å². The first kappa shape index (κ1) is 25.3. The number of pyridine rings is 1. The van der Waals surface area contributed by atoms with Crippen LogP contribution in [-0.4, -0.2) is 69.1 Å². The normalized spacial score (nSPS) is 18.5. The van der Waals surface area contributed by atoms with Gasteiger partial charge in [0.2, 0.25) is 0 Å². The van der Waals surface area contributed by atoms with Crippen molar-refractivity contribution in [1.82, 2.24) is 29.6 Å². The summed E-state index contributed by atoms with van der Waals surface area (Å²) < 4.78 is 17.9. The molecule has 0 aromatic carbocycles. The molecule has 4 heterocycles.